The van der Waals surface area contributed by atoms with Gasteiger partial charge in [-0.05, 0) is 54.9 Å². The molecule has 1 aliphatic rings. The molecular weight excluding hydrogens is 389 g/mol. The highest BCUT2D eigenvalue weighted by atomic mass is 32.1. The molecule has 4 rings (SSSR count). The van der Waals surface area contributed by atoms with E-state index in [0.717, 1.165) is 36.3 Å². The van der Waals surface area contributed by atoms with Crippen molar-refractivity contribution in [1.29, 1.82) is 0 Å². The van der Waals surface area contributed by atoms with Crippen LogP contribution in [0, 0.1) is 10.6 Å². The molecule has 29 heavy (non-hydrogen) atoms. The molecule has 0 radical (unpaired) electrons. The lowest BCUT2D eigenvalue weighted by Crippen LogP contribution is -2.29. The second-order valence-corrected chi connectivity index (χ2v) is 7.60. The molecule has 6 nitrogen and oxygen atoms in total. The summed E-state index contributed by atoms with van der Waals surface area (Å²) in [5, 5.41) is 4.83. The third kappa shape index (κ3) is 4.77. The van der Waals surface area contributed by atoms with Crippen molar-refractivity contribution in [3.05, 3.63) is 64.9 Å². The number of aromatic nitrogens is 4. The molecule has 1 saturated carbocycles. The summed E-state index contributed by atoms with van der Waals surface area (Å²) in [5.41, 5.74) is 2.05. The van der Waals surface area contributed by atoms with Crippen LogP contribution in [0.2, 0.25) is 0 Å². The van der Waals surface area contributed by atoms with Gasteiger partial charge in [0.1, 0.15) is 5.82 Å². The molecule has 2 heterocycles. The van der Waals surface area contributed by atoms with Crippen LogP contribution < -0.4 is 0 Å². The van der Waals surface area contributed by atoms with Gasteiger partial charge >= 0.3 is 0 Å². The number of methoxy groups -OCH3 is 1. The second kappa shape index (κ2) is 8.94. The van der Waals surface area contributed by atoms with E-state index in [-0.39, 0.29) is 5.82 Å². The molecule has 8 heteroatoms. The molecule has 3 aromatic rings. The number of ether oxygens (including phenoxy) is 1. The first kappa shape index (κ1) is 19.9. The van der Waals surface area contributed by atoms with Crippen molar-refractivity contribution in [3.63, 3.8) is 0 Å². The maximum atomic E-state index is 13.2. The first-order valence-electron chi connectivity index (χ1n) is 9.71. The minimum absolute atomic E-state index is 0.215. The fourth-order valence-electron chi connectivity index (χ4n) is 3.36. The Morgan fingerprint density at radius 1 is 1.17 bits per heavy atom. The van der Waals surface area contributed by atoms with Gasteiger partial charge in [0.2, 0.25) is 0 Å². The van der Waals surface area contributed by atoms with Gasteiger partial charge in [-0.25, -0.2) is 9.07 Å². The lowest BCUT2D eigenvalue weighted by atomic mass is 10.2. The highest BCUT2D eigenvalue weighted by molar-refractivity contribution is 7.71. The van der Waals surface area contributed by atoms with Crippen LogP contribution in [-0.2, 0) is 24.5 Å². The number of rotatable bonds is 9. The van der Waals surface area contributed by atoms with Gasteiger partial charge in [-0.3, -0.25) is 14.5 Å². The second-order valence-electron chi connectivity index (χ2n) is 7.23. The highest BCUT2D eigenvalue weighted by Crippen LogP contribution is 2.29. The maximum Gasteiger partial charge on any atom is 0.199 e. The van der Waals surface area contributed by atoms with Crippen LogP contribution in [0.4, 0.5) is 4.39 Å². The molecule has 1 aliphatic carbocycles. The fourth-order valence-corrected chi connectivity index (χ4v) is 3.64. The zero-order valence-corrected chi connectivity index (χ0v) is 17.2. The molecule has 0 bridgehead atoms. The standard InChI is InChI=1S/C21H24FN5OS/c1-28-13-12-26-20(17-8-10-23-11-9-17)24-27(21(26)29)15-25(19-6-7-19)14-16-2-4-18(22)5-3-16/h2-5,8-11,19H,6-7,12-15H2,1H3. The number of halogens is 1. The van der Waals surface area contributed by atoms with Gasteiger partial charge in [-0.15, -0.1) is 0 Å². The lowest BCUT2D eigenvalue weighted by molar-refractivity contribution is 0.180. The van der Waals surface area contributed by atoms with Gasteiger partial charge in [0.15, 0.2) is 10.6 Å². The van der Waals surface area contributed by atoms with Gasteiger partial charge in [-0.1, -0.05) is 12.1 Å². The predicted molar refractivity (Wildman–Crippen MR) is 111 cm³/mol. The van der Waals surface area contributed by atoms with Gasteiger partial charge < -0.3 is 4.74 Å². The van der Waals surface area contributed by atoms with Gasteiger partial charge in [0.25, 0.3) is 0 Å². The highest BCUT2D eigenvalue weighted by Gasteiger charge is 2.30. The van der Waals surface area contributed by atoms with Crippen molar-refractivity contribution in [2.24, 2.45) is 0 Å². The molecule has 0 saturated heterocycles. The molecule has 1 fully saturated rings. The maximum absolute atomic E-state index is 13.2. The summed E-state index contributed by atoms with van der Waals surface area (Å²) >= 11 is 5.75. The minimum Gasteiger partial charge on any atom is -0.383 e. The van der Waals surface area contributed by atoms with Gasteiger partial charge in [0.05, 0.1) is 19.8 Å². The molecule has 0 atom stereocenters. The van der Waals surface area contributed by atoms with Crippen molar-refractivity contribution in [1.82, 2.24) is 24.2 Å². The van der Waals surface area contributed by atoms with Crippen LogP contribution in [0.3, 0.4) is 0 Å². The largest absolute Gasteiger partial charge is 0.383 e. The smallest absolute Gasteiger partial charge is 0.199 e. The minimum atomic E-state index is -0.215. The van der Waals surface area contributed by atoms with Crippen LogP contribution in [0.5, 0.6) is 0 Å². The third-order valence-corrected chi connectivity index (χ3v) is 5.49. The monoisotopic (exact) mass is 413 g/mol. The number of hydrogen-bond acceptors (Lipinski definition) is 5. The van der Waals surface area contributed by atoms with Crippen LogP contribution >= 0.6 is 12.2 Å². The Kier molecular flexibility index (Phi) is 6.13. The van der Waals surface area contributed by atoms with E-state index in [9.17, 15) is 4.39 Å². The van der Waals surface area contributed by atoms with E-state index in [2.05, 4.69) is 9.88 Å². The van der Waals surface area contributed by atoms with E-state index >= 15 is 0 Å². The van der Waals surface area contributed by atoms with Crippen LogP contribution in [0.25, 0.3) is 11.4 Å². The van der Waals surface area contributed by atoms with Gasteiger partial charge in [0, 0.05) is 37.7 Å². The Hall–Kier alpha value is -2.42. The van der Waals surface area contributed by atoms with Crippen molar-refractivity contribution in [2.75, 3.05) is 13.7 Å². The summed E-state index contributed by atoms with van der Waals surface area (Å²) in [5.74, 6) is 0.597. The summed E-state index contributed by atoms with van der Waals surface area (Å²) in [6, 6.07) is 11.1. The molecule has 0 N–H and O–H groups in total. The quantitative estimate of drug-likeness (QED) is 0.498. The Balaban J connectivity index is 1.62. The molecule has 0 amide bonds. The lowest BCUT2D eigenvalue weighted by Gasteiger charge is -2.21. The van der Waals surface area contributed by atoms with Crippen molar-refractivity contribution in [2.45, 2.75) is 38.6 Å². The number of pyridine rings is 1. The summed E-state index contributed by atoms with van der Waals surface area (Å²) in [6.07, 6.45) is 5.83. The zero-order chi connectivity index (χ0) is 20.2. The summed E-state index contributed by atoms with van der Waals surface area (Å²) < 4.78 is 23.1. The zero-order valence-electron chi connectivity index (χ0n) is 16.4. The van der Waals surface area contributed by atoms with Crippen molar-refractivity contribution in [3.8, 4) is 11.4 Å². The molecule has 0 aliphatic heterocycles. The topological polar surface area (TPSA) is 48.1 Å². The van der Waals surface area contributed by atoms with Gasteiger partial charge in [-0.2, -0.15) is 5.10 Å². The predicted octanol–water partition coefficient (Wildman–Crippen LogP) is 3.88. The van der Waals surface area contributed by atoms with Crippen molar-refractivity contribution < 1.29 is 9.13 Å². The first-order valence-corrected chi connectivity index (χ1v) is 10.1. The summed E-state index contributed by atoms with van der Waals surface area (Å²) in [7, 11) is 1.68. The van der Waals surface area contributed by atoms with E-state index in [1.807, 2.05) is 33.5 Å². The van der Waals surface area contributed by atoms with E-state index in [1.165, 1.54) is 12.1 Å². The van der Waals surface area contributed by atoms with Crippen LogP contribution in [0.15, 0.2) is 48.8 Å². The third-order valence-electron chi connectivity index (χ3n) is 5.06. The molecule has 0 unspecified atom stereocenters. The molecule has 1 aromatic carbocycles. The number of benzene rings is 1. The average Bonchev–Trinajstić information content (AvgIpc) is 3.54. The van der Waals surface area contributed by atoms with Crippen molar-refractivity contribution >= 4 is 12.2 Å². The normalized spacial score (nSPS) is 13.9. The summed E-state index contributed by atoms with van der Waals surface area (Å²) in [6.45, 7) is 2.52. The SMILES string of the molecule is COCCn1c(-c2ccncc2)nn(CN(Cc2ccc(F)cc2)C2CC2)c1=S. The Bertz CT molecular complexity index is 998. The van der Waals surface area contributed by atoms with Crippen LogP contribution in [-0.4, -0.2) is 44.0 Å². The Morgan fingerprint density at radius 2 is 1.90 bits per heavy atom. The number of hydrogen-bond donors (Lipinski definition) is 0. The van der Waals surface area contributed by atoms with E-state index < -0.39 is 0 Å². The molecule has 0 spiro atoms. The fraction of sp³-hybridized carbons (Fsp3) is 0.381. The summed E-state index contributed by atoms with van der Waals surface area (Å²) in [4.78, 5) is 6.45. The first-order chi connectivity index (χ1) is 14.2. The molecule has 152 valence electrons. The number of nitrogens with zero attached hydrogens (tertiary/aromatic N) is 5. The molecular formula is C21H24FN5OS. The Labute approximate surface area is 174 Å². The molecule has 2 aromatic heterocycles. The van der Waals surface area contributed by atoms with E-state index in [0.29, 0.717) is 30.6 Å². The van der Waals surface area contributed by atoms with Crippen LogP contribution in [0.1, 0.15) is 18.4 Å². The van der Waals surface area contributed by atoms with E-state index in [1.54, 1.807) is 19.5 Å². The average molecular weight is 414 g/mol. The Morgan fingerprint density at radius 3 is 2.55 bits per heavy atom. The van der Waals surface area contributed by atoms with E-state index in [4.69, 9.17) is 22.1 Å².